The van der Waals surface area contributed by atoms with Gasteiger partial charge in [0.25, 0.3) is 0 Å². The molecule has 0 unspecified atom stereocenters. The molecule has 28 heavy (non-hydrogen) atoms. The monoisotopic (exact) mass is 379 g/mol. The molecule has 0 aliphatic carbocycles. The van der Waals surface area contributed by atoms with Crippen LogP contribution in [0.25, 0.3) is 10.9 Å². The third kappa shape index (κ3) is 3.28. The number of rotatable bonds is 6. The van der Waals surface area contributed by atoms with Gasteiger partial charge in [0.15, 0.2) is 6.39 Å². The highest BCUT2D eigenvalue weighted by atomic mass is 16.3. The number of carbonyl (C=O) groups excluding carboxylic acids is 2. The first-order valence-electron chi connectivity index (χ1n) is 9.07. The maximum Gasteiger partial charge on any atom is 0.246 e. The zero-order valence-electron chi connectivity index (χ0n) is 15.6. The molecule has 0 saturated carbocycles. The Morgan fingerprint density at radius 1 is 1.32 bits per heavy atom. The van der Waals surface area contributed by atoms with Crippen molar-refractivity contribution in [1.82, 2.24) is 25.0 Å². The number of para-hydroxylation sites is 1. The molecule has 4 rings (SSSR count). The smallest absolute Gasteiger partial charge is 0.246 e. The molecule has 1 aliphatic rings. The number of oxazole rings is 1. The SMILES string of the molecule is C=CC(=O)N1CC(c2ocnc2CNC(=O)Cc2nn(C)c3ccccc23)C1. The number of nitrogens with one attached hydrogen (secondary N) is 1. The van der Waals surface area contributed by atoms with E-state index in [1.165, 1.54) is 12.5 Å². The summed E-state index contributed by atoms with van der Waals surface area (Å²) in [6.45, 7) is 4.91. The molecular weight excluding hydrogens is 358 g/mol. The molecule has 2 aromatic heterocycles. The summed E-state index contributed by atoms with van der Waals surface area (Å²) in [5.74, 6) is 0.595. The molecule has 0 atom stereocenters. The van der Waals surface area contributed by atoms with E-state index in [1.807, 2.05) is 31.3 Å². The Bertz CT molecular complexity index is 1050. The fraction of sp³-hybridized carbons (Fsp3) is 0.300. The van der Waals surface area contributed by atoms with Gasteiger partial charge in [-0.05, 0) is 12.1 Å². The normalized spacial score (nSPS) is 14.1. The highest BCUT2D eigenvalue weighted by molar-refractivity contribution is 5.88. The molecule has 0 radical (unpaired) electrons. The van der Waals surface area contributed by atoms with Crippen LogP contribution in [0.4, 0.5) is 0 Å². The van der Waals surface area contributed by atoms with Gasteiger partial charge in [-0.3, -0.25) is 14.3 Å². The van der Waals surface area contributed by atoms with Crippen molar-refractivity contribution in [3.8, 4) is 0 Å². The summed E-state index contributed by atoms with van der Waals surface area (Å²) in [6, 6.07) is 7.83. The van der Waals surface area contributed by atoms with E-state index in [4.69, 9.17) is 4.42 Å². The van der Waals surface area contributed by atoms with Gasteiger partial charge >= 0.3 is 0 Å². The summed E-state index contributed by atoms with van der Waals surface area (Å²) in [7, 11) is 1.87. The molecule has 8 heteroatoms. The van der Waals surface area contributed by atoms with Crippen LogP contribution in [0.2, 0.25) is 0 Å². The van der Waals surface area contributed by atoms with Crippen LogP contribution in [0.15, 0.2) is 47.7 Å². The van der Waals surface area contributed by atoms with E-state index in [-0.39, 0.29) is 30.7 Å². The van der Waals surface area contributed by atoms with E-state index in [9.17, 15) is 9.59 Å². The summed E-state index contributed by atoms with van der Waals surface area (Å²) in [6.07, 6.45) is 2.87. The number of carbonyl (C=O) groups is 2. The third-order valence-corrected chi connectivity index (χ3v) is 5.03. The largest absolute Gasteiger partial charge is 0.448 e. The summed E-state index contributed by atoms with van der Waals surface area (Å²) >= 11 is 0. The van der Waals surface area contributed by atoms with Crippen molar-refractivity contribution in [3.63, 3.8) is 0 Å². The lowest BCUT2D eigenvalue weighted by molar-refractivity contribution is -0.130. The van der Waals surface area contributed by atoms with Gasteiger partial charge in [-0.25, -0.2) is 4.98 Å². The quantitative estimate of drug-likeness (QED) is 0.656. The fourth-order valence-corrected chi connectivity index (χ4v) is 3.51. The van der Waals surface area contributed by atoms with Crippen LogP contribution in [-0.2, 0) is 29.6 Å². The Balaban J connectivity index is 1.36. The van der Waals surface area contributed by atoms with E-state index in [0.29, 0.717) is 18.8 Å². The highest BCUT2D eigenvalue weighted by Gasteiger charge is 2.34. The molecule has 8 nitrogen and oxygen atoms in total. The van der Waals surface area contributed by atoms with Crippen LogP contribution < -0.4 is 5.32 Å². The van der Waals surface area contributed by atoms with Crippen LogP contribution in [-0.4, -0.2) is 44.6 Å². The number of nitrogens with zero attached hydrogens (tertiary/aromatic N) is 4. The molecule has 1 aromatic carbocycles. The maximum absolute atomic E-state index is 12.4. The molecule has 1 saturated heterocycles. The lowest BCUT2D eigenvalue weighted by Gasteiger charge is -2.37. The number of amides is 2. The molecule has 144 valence electrons. The topological polar surface area (TPSA) is 93.3 Å². The number of fused-ring (bicyclic) bond motifs is 1. The zero-order valence-corrected chi connectivity index (χ0v) is 15.6. The Morgan fingerprint density at radius 3 is 2.89 bits per heavy atom. The molecule has 0 spiro atoms. The number of aromatic nitrogens is 3. The van der Waals surface area contributed by atoms with Gasteiger partial charge in [0, 0.05) is 25.5 Å². The zero-order chi connectivity index (χ0) is 19.7. The van der Waals surface area contributed by atoms with Crippen LogP contribution in [0.1, 0.15) is 23.1 Å². The Kier molecular flexibility index (Phi) is 4.68. The minimum atomic E-state index is -0.130. The minimum Gasteiger partial charge on any atom is -0.448 e. The second-order valence-corrected chi connectivity index (χ2v) is 6.85. The maximum atomic E-state index is 12.4. The molecule has 3 heterocycles. The fourth-order valence-electron chi connectivity index (χ4n) is 3.51. The van der Waals surface area contributed by atoms with Gasteiger partial charge in [-0.2, -0.15) is 5.10 Å². The lowest BCUT2D eigenvalue weighted by atomic mass is 9.95. The van der Waals surface area contributed by atoms with E-state index < -0.39 is 0 Å². The molecule has 0 bridgehead atoms. The second kappa shape index (κ2) is 7.30. The molecule has 3 aromatic rings. The Morgan fingerprint density at radius 2 is 2.11 bits per heavy atom. The number of likely N-dealkylation sites (tertiary alicyclic amines) is 1. The lowest BCUT2D eigenvalue weighted by Crippen LogP contribution is -2.48. The Hall–Kier alpha value is -3.42. The van der Waals surface area contributed by atoms with Crippen LogP contribution in [0.5, 0.6) is 0 Å². The third-order valence-electron chi connectivity index (χ3n) is 5.03. The summed E-state index contributed by atoms with van der Waals surface area (Å²) < 4.78 is 7.28. The van der Waals surface area contributed by atoms with Crippen molar-refractivity contribution in [2.75, 3.05) is 13.1 Å². The molecular formula is C20H21N5O3. The van der Waals surface area contributed by atoms with E-state index in [1.54, 1.807) is 9.58 Å². The summed E-state index contributed by atoms with van der Waals surface area (Å²) in [5.41, 5.74) is 2.43. The van der Waals surface area contributed by atoms with E-state index in [0.717, 1.165) is 22.4 Å². The second-order valence-electron chi connectivity index (χ2n) is 6.85. The van der Waals surface area contributed by atoms with Gasteiger partial charge in [-0.1, -0.05) is 24.8 Å². The van der Waals surface area contributed by atoms with E-state index in [2.05, 4.69) is 22.0 Å². The van der Waals surface area contributed by atoms with Crippen LogP contribution in [0.3, 0.4) is 0 Å². The Labute approximate surface area is 161 Å². The predicted octanol–water partition coefficient (Wildman–Crippen LogP) is 1.53. The van der Waals surface area contributed by atoms with Crippen molar-refractivity contribution in [2.45, 2.75) is 18.9 Å². The average Bonchev–Trinajstić information content (AvgIpc) is 3.24. The summed E-state index contributed by atoms with van der Waals surface area (Å²) in [5, 5.41) is 8.32. The number of aryl methyl sites for hydroxylation is 1. The molecule has 1 aliphatic heterocycles. The minimum absolute atomic E-state index is 0.0896. The average molecular weight is 379 g/mol. The van der Waals surface area contributed by atoms with Crippen molar-refractivity contribution in [2.24, 2.45) is 7.05 Å². The van der Waals surface area contributed by atoms with Crippen LogP contribution in [0, 0.1) is 0 Å². The van der Waals surface area contributed by atoms with Crippen molar-refractivity contribution in [1.29, 1.82) is 0 Å². The first-order chi connectivity index (χ1) is 13.6. The molecule has 2 amide bonds. The van der Waals surface area contributed by atoms with Gasteiger partial charge in [0.1, 0.15) is 11.5 Å². The first kappa shape index (κ1) is 18.0. The van der Waals surface area contributed by atoms with Gasteiger partial charge in [-0.15, -0.1) is 0 Å². The first-order valence-corrected chi connectivity index (χ1v) is 9.07. The van der Waals surface area contributed by atoms with Crippen molar-refractivity contribution < 1.29 is 14.0 Å². The highest BCUT2D eigenvalue weighted by Crippen LogP contribution is 2.29. The number of hydrogen-bond donors (Lipinski definition) is 1. The van der Waals surface area contributed by atoms with Gasteiger partial charge < -0.3 is 14.6 Å². The van der Waals surface area contributed by atoms with Crippen LogP contribution >= 0.6 is 0 Å². The number of hydrogen-bond acceptors (Lipinski definition) is 5. The van der Waals surface area contributed by atoms with Gasteiger partial charge in [0.2, 0.25) is 11.8 Å². The van der Waals surface area contributed by atoms with Crippen molar-refractivity contribution in [3.05, 3.63) is 60.5 Å². The van der Waals surface area contributed by atoms with Gasteiger partial charge in [0.05, 0.1) is 30.1 Å². The standard InChI is InChI=1S/C20H21N5O3/c1-3-19(27)25-10-13(11-25)20-16(22-12-28-20)9-21-18(26)8-15-14-6-4-5-7-17(14)24(2)23-15/h3-7,12-13H,1,8-11H2,2H3,(H,21,26). The molecule has 1 fully saturated rings. The molecule has 1 N–H and O–H groups in total. The van der Waals surface area contributed by atoms with Crippen molar-refractivity contribution >= 4 is 22.7 Å². The summed E-state index contributed by atoms with van der Waals surface area (Å²) in [4.78, 5) is 29.9. The number of benzene rings is 1. The van der Waals surface area contributed by atoms with E-state index >= 15 is 0 Å². The predicted molar refractivity (Wildman–Crippen MR) is 102 cm³/mol.